The Morgan fingerprint density at radius 3 is 2.59 bits per heavy atom. The van der Waals surface area contributed by atoms with Gasteiger partial charge in [0.15, 0.2) is 0 Å². The van der Waals surface area contributed by atoms with Gasteiger partial charge in [0.2, 0.25) is 0 Å². The molecule has 0 aliphatic rings. The number of rotatable bonds is 4. The molecule has 0 bridgehead atoms. The second-order valence-electron chi connectivity index (χ2n) is 3.26. The van der Waals surface area contributed by atoms with Crippen LogP contribution in [0, 0.1) is 5.82 Å². The fraction of sp³-hybridized carbons (Fsp3) is 0.300. The van der Waals surface area contributed by atoms with E-state index in [2.05, 4.69) is 9.72 Å². The van der Waals surface area contributed by atoms with Gasteiger partial charge in [0.1, 0.15) is 23.3 Å². The molecule has 0 aliphatic carbocycles. The van der Waals surface area contributed by atoms with Gasteiger partial charge >= 0.3 is 6.09 Å². The minimum atomic E-state index is -1.04. The zero-order chi connectivity index (χ0) is 13.0. The number of carbonyl (C=O) groups is 2. The van der Waals surface area contributed by atoms with E-state index in [0.717, 1.165) is 12.1 Å². The maximum absolute atomic E-state index is 13.5. The normalized spacial score (nSPS) is 11.9. The molecule has 1 aromatic rings. The van der Waals surface area contributed by atoms with Gasteiger partial charge in [-0.15, -0.1) is 0 Å². The fourth-order valence-corrected chi connectivity index (χ4v) is 1.29. The Balaban J connectivity index is 3.12. The largest absolute Gasteiger partial charge is 0.440 e. The number of hydrogen-bond acceptors (Lipinski definition) is 4. The van der Waals surface area contributed by atoms with Crippen molar-refractivity contribution in [1.29, 1.82) is 0 Å². The fourth-order valence-electron chi connectivity index (χ4n) is 1.29. The Morgan fingerprint density at radius 1 is 1.47 bits per heavy atom. The van der Waals surface area contributed by atoms with E-state index in [4.69, 9.17) is 11.5 Å². The maximum Gasteiger partial charge on any atom is 0.405 e. The van der Waals surface area contributed by atoms with Gasteiger partial charge in [0, 0.05) is 0 Å². The first kappa shape index (κ1) is 12.9. The van der Waals surface area contributed by atoms with Crippen molar-refractivity contribution in [2.24, 2.45) is 11.5 Å². The lowest BCUT2D eigenvalue weighted by Gasteiger charge is -2.15. The molecule has 0 saturated carbocycles. The highest BCUT2D eigenvalue weighted by Crippen LogP contribution is 2.22. The van der Waals surface area contributed by atoms with Gasteiger partial charge in [-0.1, -0.05) is 6.92 Å². The van der Waals surface area contributed by atoms with Gasteiger partial charge in [-0.3, -0.25) is 4.79 Å². The molecule has 0 aliphatic heterocycles. The minimum absolute atomic E-state index is 0.104. The van der Waals surface area contributed by atoms with E-state index in [9.17, 15) is 14.0 Å². The number of ether oxygens (including phenoxy) is 1. The first-order chi connectivity index (χ1) is 7.95. The first-order valence-corrected chi connectivity index (χ1v) is 4.88. The molecule has 0 saturated heterocycles. The maximum atomic E-state index is 13.5. The molecule has 7 heteroatoms. The van der Waals surface area contributed by atoms with Crippen LogP contribution in [0.1, 0.15) is 35.6 Å². The molecule has 1 aromatic heterocycles. The van der Waals surface area contributed by atoms with Crippen molar-refractivity contribution in [3.8, 4) is 0 Å². The lowest BCUT2D eigenvalue weighted by molar-refractivity contribution is 0.0974. The molecular weight excluding hydrogens is 229 g/mol. The molecule has 1 heterocycles. The van der Waals surface area contributed by atoms with Crippen molar-refractivity contribution in [2.45, 2.75) is 19.4 Å². The third-order valence-corrected chi connectivity index (χ3v) is 2.06. The van der Waals surface area contributed by atoms with Crippen molar-refractivity contribution >= 4 is 12.0 Å². The Kier molecular flexibility index (Phi) is 3.97. The van der Waals surface area contributed by atoms with Crippen LogP contribution in [0.15, 0.2) is 12.1 Å². The number of aromatic nitrogens is 1. The second kappa shape index (κ2) is 5.24. The van der Waals surface area contributed by atoms with Crippen LogP contribution in [0.2, 0.25) is 0 Å². The summed E-state index contributed by atoms with van der Waals surface area (Å²) in [6.45, 7) is 1.66. The van der Waals surface area contributed by atoms with Gasteiger partial charge < -0.3 is 16.2 Å². The highest BCUT2D eigenvalue weighted by molar-refractivity contribution is 5.90. The van der Waals surface area contributed by atoms with E-state index in [1.807, 2.05) is 0 Å². The van der Waals surface area contributed by atoms with Crippen LogP contribution in [0.25, 0.3) is 0 Å². The van der Waals surface area contributed by atoms with Gasteiger partial charge in [0.25, 0.3) is 5.91 Å². The molecule has 0 radical (unpaired) electrons. The summed E-state index contributed by atoms with van der Waals surface area (Å²) in [5, 5.41) is 0. The van der Waals surface area contributed by atoms with E-state index < -0.39 is 23.9 Å². The molecule has 1 unspecified atom stereocenters. The topological polar surface area (TPSA) is 108 Å². The van der Waals surface area contributed by atoms with Crippen LogP contribution in [-0.4, -0.2) is 17.0 Å². The highest BCUT2D eigenvalue weighted by atomic mass is 19.1. The molecule has 1 atom stereocenters. The third kappa shape index (κ3) is 3.13. The number of pyridine rings is 1. The third-order valence-electron chi connectivity index (χ3n) is 2.06. The SMILES string of the molecule is CCC(OC(N)=O)c1nc(C(N)=O)ccc1F. The zero-order valence-corrected chi connectivity index (χ0v) is 9.14. The predicted octanol–water partition coefficient (Wildman–Crippen LogP) is 0.866. The molecule has 6 nitrogen and oxygen atoms in total. The summed E-state index contributed by atoms with van der Waals surface area (Å²) in [6.07, 6.45) is -1.70. The van der Waals surface area contributed by atoms with Crippen LogP contribution in [-0.2, 0) is 4.74 Å². The zero-order valence-electron chi connectivity index (χ0n) is 9.14. The summed E-state index contributed by atoms with van der Waals surface area (Å²) < 4.78 is 18.2. The van der Waals surface area contributed by atoms with Crippen molar-refractivity contribution in [3.05, 3.63) is 29.3 Å². The number of hydrogen-bond donors (Lipinski definition) is 2. The average Bonchev–Trinajstić information content (AvgIpc) is 2.26. The van der Waals surface area contributed by atoms with Crippen LogP contribution < -0.4 is 11.5 Å². The number of amides is 2. The number of halogens is 1. The molecule has 17 heavy (non-hydrogen) atoms. The second-order valence-corrected chi connectivity index (χ2v) is 3.26. The number of nitrogens with two attached hydrogens (primary N) is 2. The first-order valence-electron chi connectivity index (χ1n) is 4.88. The van der Waals surface area contributed by atoms with Gasteiger partial charge in [-0.25, -0.2) is 14.2 Å². The summed E-state index contributed by atoms with van der Waals surface area (Å²) in [6, 6.07) is 2.19. The van der Waals surface area contributed by atoms with Crippen LogP contribution in [0.4, 0.5) is 9.18 Å². The molecular formula is C10H12FN3O3. The van der Waals surface area contributed by atoms with Gasteiger partial charge in [-0.2, -0.15) is 0 Å². The van der Waals surface area contributed by atoms with Crippen molar-refractivity contribution < 1.29 is 18.7 Å². The van der Waals surface area contributed by atoms with Crippen LogP contribution in [0.5, 0.6) is 0 Å². The van der Waals surface area contributed by atoms with E-state index in [1.54, 1.807) is 6.92 Å². The monoisotopic (exact) mass is 241 g/mol. The van der Waals surface area contributed by atoms with E-state index in [0.29, 0.717) is 0 Å². The van der Waals surface area contributed by atoms with E-state index in [1.165, 1.54) is 0 Å². The van der Waals surface area contributed by atoms with Gasteiger partial charge in [-0.05, 0) is 18.6 Å². The van der Waals surface area contributed by atoms with Gasteiger partial charge in [0.05, 0.1) is 0 Å². The van der Waals surface area contributed by atoms with Crippen molar-refractivity contribution in [2.75, 3.05) is 0 Å². The van der Waals surface area contributed by atoms with Crippen molar-refractivity contribution in [3.63, 3.8) is 0 Å². The summed E-state index contributed by atoms with van der Waals surface area (Å²) in [5.41, 5.74) is 9.60. The molecule has 4 N–H and O–H groups in total. The Hall–Kier alpha value is -2.18. The highest BCUT2D eigenvalue weighted by Gasteiger charge is 2.20. The smallest absolute Gasteiger partial charge is 0.405 e. The molecule has 0 spiro atoms. The summed E-state index contributed by atoms with van der Waals surface area (Å²) in [7, 11) is 0. The average molecular weight is 241 g/mol. The van der Waals surface area contributed by atoms with Crippen LogP contribution in [0.3, 0.4) is 0 Å². The summed E-state index contributed by atoms with van der Waals surface area (Å²) in [5.74, 6) is -1.48. The lowest BCUT2D eigenvalue weighted by Crippen LogP contribution is -2.20. The van der Waals surface area contributed by atoms with Crippen molar-refractivity contribution in [1.82, 2.24) is 4.98 Å². The van der Waals surface area contributed by atoms with E-state index in [-0.39, 0.29) is 17.8 Å². The number of primary amides is 2. The summed E-state index contributed by atoms with van der Waals surface area (Å²) >= 11 is 0. The molecule has 92 valence electrons. The number of nitrogens with zero attached hydrogens (tertiary/aromatic N) is 1. The summed E-state index contributed by atoms with van der Waals surface area (Å²) in [4.78, 5) is 25.2. The van der Waals surface area contributed by atoms with E-state index >= 15 is 0 Å². The standard InChI is InChI=1S/C10H12FN3O3/c1-2-7(17-10(13)16)8-5(11)3-4-6(14-8)9(12)15/h3-4,7H,2H2,1H3,(H2,12,15)(H2,13,16). The number of carbonyl (C=O) groups excluding carboxylic acids is 2. The van der Waals surface area contributed by atoms with Crippen LogP contribution >= 0.6 is 0 Å². The Bertz CT molecular complexity index is 450. The molecule has 0 aromatic carbocycles. The quantitative estimate of drug-likeness (QED) is 0.814. The molecule has 2 amide bonds. The minimum Gasteiger partial charge on any atom is -0.440 e. The Morgan fingerprint density at radius 2 is 2.12 bits per heavy atom. The lowest BCUT2D eigenvalue weighted by atomic mass is 10.1. The predicted molar refractivity (Wildman–Crippen MR) is 56.4 cm³/mol. The molecule has 0 fully saturated rings. The molecule has 1 rings (SSSR count). The Labute approximate surface area is 96.8 Å².